The van der Waals surface area contributed by atoms with Gasteiger partial charge in [0.25, 0.3) is 0 Å². The molecule has 1 aliphatic rings. The number of hydrogen-bond acceptors (Lipinski definition) is 4. The van der Waals surface area contributed by atoms with E-state index in [0.29, 0.717) is 6.10 Å². The van der Waals surface area contributed by atoms with Gasteiger partial charge in [-0.25, -0.2) is 0 Å². The topological polar surface area (TPSA) is 51.2 Å². The molecule has 4 heteroatoms. The Kier molecular flexibility index (Phi) is 2.27. The summed E-state index contributed by atoms with van der Waals surface area (Å²) in [6.45, 7) is 0.946. The monoisotopic (exact) mass is 165 g/mol. The Hall–Kier alpha value is -1.03. The summed E-state index contributed by atoms with van der Waals surface area (Å²) >= 11 is 0. The predicted molar refractivity (Wildman–Crippen MR) is 42.5 cm³/mol. The smallest absolute Gasteiger partial charge is 0.0810 e. The number of hydrogen-bond donors (Lipinski definition) is 0. The van der Waals surface area contributed by atoms with Gasteiger partial charge in [-0.1, -0.05) is 0 Å². The van der Waals surface area contributed by atoms with Gasteiger partial charge in [-0.3, -0.25) is 0 Å². The molecule has 1 aromatic heterocycles. The van der Waals surface area contributed by atoms with E-state index in [0.717, 1.165) is 31.6 Å². The number of aryl methyl sites for hydroxylation is 1. The SMILES string of the molecule is c1cc(CCCC2CO2)nnn1. The highest BCUT2D eigenvalue weighted by molar-refractivity contribution is 4.95. The van der Waals surface area contributed by atoms with E-state index in [2.05, 4.69) is 15.4 Å². The second-order valence-corrected chi connectivity index (χ2v) is 2.96. The Labute approximate surface area is 71.0 Å². The molecule has 0 N–H and O–H groups in total. The maximum Gasteiger partial charge on any atom is 0.0810 e. The first-order valence-electron chi connectivity index (χ1n) is 4.20. The molecule has 1 aliphatic heterocycles. The van der Waals surface area contributed by atoms with E-state index in [9.17, 15) is 0 Å². The van der Waals surface area contributed by atoms with Gasteiger partial charge in [-0.2, -0.15) is 0 Å². The van der Waals surface area contributed by atoms with Crippen LogP contribution in [0.25, 0.3) is 0 Å². The molecule has 1 fully saturated rings. The average molecular weight is 165 g/mol. The van der Waals surface area contributed by atoms with Crippen molar-refractivity contribution in [1.82, 2.24) is 15.4 Å². The molecule has 1 saturated heterocycles. The Morgan fingerprint density at radius 3 is 3.17 bits per heavy atom. The van der Waals surface area contributed by atoms with Crippen LogP contribution in [-0.4, -0.2) is 28.1 Å². The van der Waals surface area contributed by atoms with E-state index in [-0.39, 0.29) is 0 Å². The van der Waals surface area contributed by atoms with Crippen molar-refractivity contribution in [2.75, 3.05) is 6.61 Å². The van der Waals surface area contributed by atoms with Gasteiger partial charge in [0.2, 0.25) is 0 Å². The molecule has 0 aliphatic carbocycles. The number of epoxide rings is 1. The van der Waals surface area contributed by atoms with Crippen molar-refractivity contribution >= 4 is 0 Å². The number of nitrogens with zero attached hydrogens (tertiary/aromatic N) is 3. The minimum Gasteiger partial charge on any atom is -0.373 e. The van der Waals surface area contributed by atoms with Crippen molar-refractivity contribution in [1.29, 1.82) is 0 Å². The summed E-state index contributed by atoms with van der Waals surface area (Å²) in [5.41, 5.74) is 1.02. The van der Waals surface area contributed by atoms with Crippen LogP contribution in [0.4, 0.5) is 0 Å². The maximum absolute atomic E-state index is 5.10. The van der Waals surface area contributed by atoms with Gasteiger partial charge in [0.1, 0.15) is 0 Å². The van der Waals surface area contributed by atoms with Gasteiger partial charge in [-0.15, -0.1) is 10.2 Å². The summed E-state index contributed by atoms with van der Waals surface area (Å²) in [6.07, 6.45) is 5.46. The number of aromatic nitrogens is 3. The lowest BCUT2D eigenvalue weighted by Gasteiger charge is -1.95. The summed E-state index contributed by atoms with van der Waals surface area (Å²) in [7, 11) is 0. The van der Waals surface area contributed by atoms with Crippen LogP contribution in [-0.2, 0) is 11.2 Å². The fourth-order valence-electron chi connectivity index (χ4n) is 1.14. The molecular weight excluding hydrogens is 154 g/mol. The second kappa shape index (κ2) is 3.58. The van der Waals surface area contributed by atoms with Crippen molar-refractivity contribution in [2.24, 2.45) is 0 Å². The molecule has 2 heterocycles. The van der Waals surface area contributed by atoms with Crippen LogP contribution < -0.4 is 0 Å². The Morgan fingerprint density at radius 1 is 1.58 bits per heavy atom. The van der Waals surface area contributed by atoms with Crippen LogP contribution in [0.1, 0.15) is 18.5 Å². The molecule has 4 nitrogen and oxygen atoms in total. The molecule has 1 atom stereocenters. The first kappa shape index (κ1) is 7.61. The lowest BCUT2D eigenvalue weighted by Crippen LogP contribution is -1.95. The van der Waals surface area contributed by atoms with Crippen LogP contribution in [0, 0.1) is 0 Å². The molecule has 1 aromatic rings. The molecule has 0 radical (unpaired) electrons. The van der Waals surface area contributed by atoms with E-state index >= 15 is 0 Å². The highest BCUT2D eigenvalue weighted by atomic mass is 16.6. The van der Waals surface area contributed by atoms with E-state index in [1.165, 1.54) is 0 Å². The second-order valence-electron chi connectivity index (χ2n) is 2.96. The summed E-state index contributed by atoms with van der Waals surface area (Å²) in [4.78, 5) is 0. The fourth-order valence-corrected chi connectivity index (χ4v) is 1.14. The van der Waals surface area contributed by atoms with Crippen molar-refractivity contribution in [3.05, 3.63) is 18.0 Å². The molecule has 1 unspecified atom stereocenters. The van der Waals surface area contributed by atoms with Gasteiger partial charge >= 0.3 is 0 Å². The fraction of sp³-hybridized carbons (Fsp3) is 0.625. The third-order valence-corrected chi connectivity index (χ3v) is 1.92. The molecule has 2 rings (SSSR count). The molecule has 0 aromatic carbocycles. The van der Waals surface area contributed by atoms with Crippen molar-refractivity contribution < 1.29 is 4.74 Å². The lowest BCUT2D eigenvalue weighted by molar-refractivity contribution is 0.391. The minimum absolute atomic E-state index is 0.528. The van der Waals surface area contributed by atoms with Gasteiger partial charge in [0.15, 0.2) is 0 Å². The number of ether oxygens (including phenoxy) is 1. The molecule has 0 amide bonds. The minimum atomic E-state index is 0.528. The summed E-state index contributed by atoms with van der Waals surface area (Å²) in [5, 5.41) is 11.1. The van der Waals surface area contributed by atoms with Crippen LogP contribution in [0.2, 0.25) is 0 Å². The van der Waals surface area contributed by atoms with Crippen LogP contribution in [0.5, 0.6) is 0 Å². The van der Waals surface area contributed by atoms with E-state index < -0.39 is 0 Å². The Balaban J connectivity index is 1.72. The summed E-state index contributed by atoms with van der Waals surface area (Å²) in [5.74, 6) is 0. The molecule has 0 bridgehead atoms. The normalized spacial score (nSPS) is 20.8. The average Bonchev–Trinajstić information content (AvgIpc) is 2.90. The van der Waals surface area contributed by atoms with E-state index in [4.69, 9.17) is 4.74 Å². The predicted octanol–water partition coefficient (Wildman–Crippen LogP) is 0.593. The van der Waals surface area contributed by atoms with Gasteiger partial charge in [0.05, 0.1) is 24.6 Å². The van der Waals surface area contributed by atoms with E-state index in [1.807, 2.05) is 6.07 Å². The standard InChI is InChI=1S/C8H11N3O/c1(3-8-6-12-8)2-7-4-5-9-11-10-7/h4-5,8H,1-3,6H2. The van der Waals surface area contributed by atoms with Crippen molar-refractivity contribution in [2.45, 2.75) is 25.4 Å². The summed E-state index contributed by atoms with van der Waals surface area (Å²) < 4.78 is 5.10. The van der Waals surface area contributed by atoms with Crippen LogP contribution in [0.3, 0.4) is 0 Å². The maximum atomic E-state index is 5.10. The number of rotatable bonds is 4. The van der Waals surface area contributed by atoms with Crippen LogP contribution >= 0.6 is 0 Å². The largest absolute Gasteiger partial charge is 0.373 e. The Bertz CT molecular complexity index is 235. The van der Waals surface area contributed by atoms with Crippen molar-refractivity contribution in [3.63, 3.8) is 0 Å². The molecular formula is C8H11N3O. The van der Waals surface area contributed by atoms with Gasteiger partial charge in [-0.05, 0) is 30.5 Å². The molecule has 0 saturated carbocycles. The van der Waals surface area contributed by atoms with Gasteiger partial charge in [0, 0.05) is 0 Å². The third kappa shape index (κ3) is 2.23. The molecule has 12 heavy (non-hydrogen) atoms. The quantitative estimate of drug-likeness (QED) is 0.613. The highest BCUT2D eigenvalue weighted by Crippen LogP contribution is 2.16. The zero-order chi connectivity index (χ0) is 8.23. The van der Waals surface area contributed by atoms with Gasteiger partial charge < -0.3 is 4.74 Å². The molecule has 64 valence electrons. The first-order valence-corrected chi connectivity index (χ1v) is 4.20. The lowest BCUT2D eigenvalue weighted by atomic mass is 10.1. The highest BCUT2D eigenvalue weighted by Gasteiger charge is 2.21. The zero-order valence-electron chi connectivity index (χ0n) is 6.81. The molecule has 0 spiro atoms. The third-order valence-electron chi connectivity index (χ3n) is 1.92. The van der Waals surface area contributed by atoms with Crippen molar-refractivity contribution in [3.8, 4) is 0 Å². The van der Waals surface area contributed by atoms with Crippen LogP contribution in [0.15, 0.2) is 12.3 Å². The first-order chi connectivity index (χ1) is 5.95. The van der Waals surface area contributed by atoms with E-state index in [1.54, 1.807) is 6.20 Å². The summed E-state index contributed by atoms with van der Waals surface area (Å²) in [6, 6.07) is 1.90. The Morgan fingerprint density at radius 2 is 2.50 bits per heavy atom. The zero-order valence-corrected chi connectivity index (χ0v) is 6.81.